The van der Waals surface area contributed by atoms with Crippen molar-refractivity contribution in [3.8, 4) is 0 Å². The topological polar surface area (TPSA) is 15.3 Å². The molecular weight excluding hydrogens is 196 g/mol. The van der Waals surface area contributed by atoms with Gasteiger partial charge in [-0.3, -0.25) is 0 Å². The van der Waals surface area contributed by atoms with Gasteiger partial charge in [-0.15, -0.1) is 6.58 Å². The van der Waals surface area contributed by atoms with Crippen molar-refractivity contribution in [3.05, 3.63) is 12.2 Å². The van der Waals surface area contributed by atoms with Crippen molar-refractivity contribution in [1.82, 2.24) is 10.2 Å². The molecule has 1 aliphatic heterocycles. The molecule has 2 nitrogen and oxygen atoms in total. The second kappa shape index (κ2) is 7.86. The van der Waals surface area contributed by atoms with Crippen LogP contribution in [0, 0.1) is 5.92 Å². The molecule has 0 radical (unpaired) electrons. The molecule has 0 aromatic carbocycles. The molecule has 2 heteroatoms. The highest BCUT2D eigenvalue weighted by atomic mass is 15.1. The predicted molar refractivity (Wildman–Crippen MR) is 71.8 cm³/mol. The third-order valence-electron chi connectivity index (χ3n) is 3.31. The number of hydrogen-bond acceptors (Lipinski definition) is 2. The standard InChI is InChI=1S/C14H28N2/c1-4-9-16(10-7-13(2)3)12-14-6-5-8-15-11-14/h14-15H,2,4-12H2,1,3H3. The fraction of sp³-hybridized carbons (Fsp3) is 0.857. The molecule has 0 aliphatic carbocycles. The van der Waals surface area contributed by atoms with Crippen LogP contribution in [-0.2, 0) is 0 Å². The third kappa shape index (κ3) is 5.66. The van der Waals surface area contributed by atoms with E-state index >= 15 is 0 Å². The summed E-state index contributed by atoms with van der Waals surface area (Å²) in [6, 6.07) is 0. The van der Waals surface area contributed by atoms with Gasteiger partial charge in [0.15, 0.2) is 0 Å². The molecule has 16 heavy (non-hydrogen) atoms. The maximum Gasteiger partial charge on any atom is 0.00219 e. The zero-order chi connectivity index (χ0) is 11.8. The van der Waals surface area contributed by atoms with E-state index in [0.717, 1.165) is 12.3 Å². The van der Waals surface area contributed by atoms with Crippen LogP contribution in [0.4, 0.5) is 0 Å². The molecule has 0 bridgehead atoms. The molecule has 1 heterocycles. The molecule has 1 aliphatic rings. The van der Waals surface area contributed by atoms with E-state index in [4.69, 9.17) is 0 Å². The highest BCUT2D eigenvalue weighted by molar-refractivity contribution is 4.89. The molecule has 1 rings (SSSR count). The van der Waals surface area contributed by atoms with E-state index in [-0.39, 0.29) is 0 Å². The second-order valence-corrected chi connectivity index (χ2v) is 5.22. The van der Waals surface area contributed by atoms with Crippen molar-refractivity contribution in [1.29, 1.82) is 0 Å². The first-order chi connectivity index (χ1) is 7.72. The predicted octanol–water partition coefficient (Wildman–Crippen LogP) is 2.66. The molecular formula is C14H28N2. The average Bonchev–Trinajstić information content (AvgIpc) is 2.27. The minimum absolute atomic E-state index is 0.866. The molecule has 0 saturated carbocycles. The molecule has 0 spiro atoms. The maximum absolute atomic E-state index is 4.00. The molecule has 1 atom stereocenters. The van der Waals surface area contributed by atoms with Crippen LogP contribution in [0.3, 0.4) is 0 Å². The minimum Gasteiger partial charge on any atom is -0.316 e. The van der Waals surface area contributed by atoms with E-state index in [0.29, 0.717) is 0 Å². The molecule has 1 N–H and O–H groups in total. The van der Waals surface area contributed by atoms with Gasteiger partial charge in [-0.25, -0.2) is 0 Å². The van der Waals surface area contributed by atoms with Gasteiger partial charge in [0.1, 0.15) is 0 Å². The van der Waals surface area contributed by atoms with Gasteiger partial charge in [-0.2, -0.15) is 0 Å². The van der Waals surface area contributed by atoms with Crippen LogP contribution in [-0.4, -0.2) is 37.6 Å². The Balaban J connectivity index is 2.27. The van der Waals surface area contributed by atoms with E-state index in [1.807, 2.05) is 0 Å². The van der Waals surface area contributed by atoms with E-state index in [2.05, 4.69) is 30.6 Å². The number of nitrogens with one attached hydrogen (secondary N) is 1. The largest absolute Gasteiger partial charge is 0.316 e. The lowest BCUT2D eigenvalue weighted by atomic mass is 9.99. The Labute approximate surface area is 101 Å². The third-order valence-corrected chi connectivity index (χ3v) is 3.31. The Morgan fingerprint density at radius 1 is 1.44 bits per heavy atom. The van der Waals surface area contributed by atoms with Crippen molar-refractivity contribution in [2.24, 2.45) is 5.92 Å². The van der Waals surface area contributed by atoms with Crippen LogP contribution in [0.15, 0.2) is 12.2 Å². The smallest absolute Gasteiger partial charge is 0.00219 e. The fourth-order valence-electron chi connectivity index (χ4n) is 2.40. The van der Waals surface area contributed by atoms with E-state index in [1.165, 1.54) is 57.6 Å². The Kier molecular flexibility index (Phi) is 6.74. The Hall–Kier alpha value is -0.340. The molecule has 1 saturated heterocycles. The zero-order valence-corrected chi connectivity index (χ0v) is 11.1. The Bertz CT molecular complexity index is 195. The lowest BCUT2D eigenvalue weighted by Crippen LogP contribution is -2.39. The van der Waals surface area contributed by atoms with Crippen molar-refractivity contribution in [3.63, 3.8) is 0 Å². The summed E-state index contributed by atoms with van der Waals surface area (Å²) in [5.74, 6) is 0.866. The van der Waals surface area contributed by atoms with Gasteiger partial charge < -0.3 is 10.2 Å². The second-order valence-electron chi connectivity index (χ2n) is 5.22. The number of nitrogens with zero attached hydrogens (tertiary/aromatic N) is 1. The lowest BCUT2D eigenvalue weighted by molar-refractivity contribution is 0.210. The summed E-state index contributed by atoms with van der Waals surface area (Å²) in [5, 5.41) is 3.50. The first kappa shape index (κ1) is 13.7. The van der Waals surface area contributed by atoms with Crippen LogP contribution in [0.5, 0.6) is 0 Å². The first-order valence-corrected chi connectivity index (χ1v) is 6.79. The van der Waals surface area contributed by atoms with Crippen molar-refractivity contribution in [2.45, 2.75) is 39.5 Å². The number of rotatable bonds is 7. The molecule has 1 unspecified atom stereocenters. The van der Waals surface area contributed by atoms with Crippen molar-refractivity contribution in [2.75, 3.05) is 32.7 Å². The van der Waals surface area contributed by atoms with Gasteiger partial charge in [-0.1, -0.05) is 12.5 Å². The van der Waals surface area contributed by atoms with Gasteiger partial charge in [0.25, 0.3) is 0 Å². The highest BCUT2D eigenvalue weighted by Crippen LogP contribution is 2.13. The van der Waals surface area contributed by atoms with Gasteiger partial charge in [0, 0.05) is 13.1 Å². The lowest BCUT2D eigenvalue weighted by Gasteiger charge is -2.30. The van der Waals surface area contributed by atoms with Gasteiger partial charge in [-0.05, 0) is 58.2 Å². The highest BCUT2D eigenvalue weighted by Gasteiger charge is 2.16. The number of piperidine rings is 1. The van der Waals surface area contributed by atoms with Crippen LogP contribution in [0.25, 0.3) is 0 Å². The molecule has 1 fully saturated rings. The van der Waals surface area contributed by atoms with E-state index in [1.54, 1.807) is 0 Å². The van der Waals surface area contributed by atoms with Crippen LogP contribution in [0.2, 0.25) is 0 Å². The fourth-order valence-corrected chi connectivity index (χ4v) is 2.40. The normalized spacial score (nSPS) is 21.3. The van der Waals surface area contributed by atoms with Gasteiger partial charge in [0.05, 0.1) is 0 Å². The van der Waals surface area contributed by atoms with Crippen LogP contribution in [0.1, 0.15) is 39.5 Å². The minimum atomic E-state index is 0.866. The monoisotopic (exact) mass is 224 g/mol. The number of hydrogen-bond donors (Lipinski definition) is 1. The summed E-state index contributed by atoms with van der Waals surface area (Å²) in [6.07, 6.45) is 5.17. The van der Waals surface area contributed by atoms with Crippen LogP contribution < -0.4 is 5.32 Å². The Morgan fingerprint density at radius 2 is 2.25 bits per heavy atom. The van der Waals surface area contributed by atoms with Crippen LogP contribution >= 0.6 is 0 Å². The molecule has 0 aromatic rings. The van der Waals surface area contributed by atoms with Gasteiger partial charge >= 0.3 is 0 Å². The van der Waals surface area contributed by atoms with Crippen molar-refractivity contribution < 1.29 is 0 Å². The van der Waals surface area contributed by atoms with Crippen molar-refractivity contribution >= 4 is 0 Å². The van der Waals surface area contributed by atoms with Gasteiger partial charge in [0.2, 0.25) is 0 Å². The quantitative estimate of drug-likeness (QED) is 0.669. The molecule has 0 amide bonds. The maximum atomic E-state index is 4.00. The summed E-state index contributed by atoms with van der Waals surface area (Å²) >= 11 is 0. The van der Waals surface area contributed by atoms with E-state index in [9.17, 15) is 0 Å². The summed E-state index contributed by atoms with van der Waals surface area (Å²) in [4.78, 5) is 2.62. The first-order valence-electron chi connectivity index (χ1n) is 6.79. The Morgan fingerprint density at radius 3 is 2.81 bits per heavy atom. The van der Waals surface area contributed by atoms with E-state index < -0.39 is 0 Å². The summed E-state index contributed by atoms with van der Waals surface area (Å²) in [7, 11) is 0. The molecule has 94 valence electrons. The summed E-state index contributed by atoms with van der Waals surface area (Å²) in [6.45, 7) is 14.5. The SMILES string of the molecule is C=C(C)CCN(CCC)CC1CCCNC1. The zero-order valence-electron chi connectivity index (χ0n) is 11.1. The molecule has 0 aromatic heterocycles. The summed E-state index contributed by atoms with van der Waals surface area (Å²) < 4.78 is 0. The average molecular weight is 224 g/mol. The summed E-state index contributed by atoms with van der Waals surface area (Å²) in [5.41, 5.74) is 1.31.